The zero-order valence-corrected chi connectivity index (χ0v) is 11.2. The van der Waals surface area contributed by atoms with Crippen molar-refractivity contribution in [3.63, 3.8) is 0 Å². The molecule has 1 fully saturated rings. The summed E-state index contributed by atoms with van der Waals surface area (Å²) < 4.78 is 0. The van der Waals surface area contributed by atoms with Crippen LogP contribution in [-0.4, -0.2) is 28.8 Å². The maximum Gasteiger partial charge on any atom is 0.251 e. The number of hydrogen-bond acceptors (Lipinski definition) is 3. The first-order valence-corrected chi connectivity index (χ1v) is 6.82. The zero-order chi connectivity index (χ0) is 13.8. The summed E-state index contributed by atoms with van der Waals surface area (Å²) in [4.78, 5) is 11.9. The first-order chi connectivity index (χ1) is 9.06. The van der Waals surface area contributed by atoms with Gasteiger partial charge >= 0.3 is 0 Å². The monoisotopic (exact) mass is 263 g/mol. The molecule has 1 aliphatic rings. The lowest BCUT2D eigenvalue weighted by Gasteiger charge is -2.25. The first-order valence-electron chi connectivity index (χ1n) is 6.82. The molecule has 3 N–H and O–H groups in total. The van der Waals surface area contributed by atoms with E-state index < -0.39 is 0 Å². The Morgan fingerprint density at radius 3 is 2.89 bits per heavy atom. The third kappa shape index (κ3) is 3.70. The van der Waals surface area contributed by atoms with Crippen LogP contribution in [0.3, 0.4) is 0 Å². The van der Waals surface area contributed by atoms with E-state index in [1.54, 1.807) is 19.1 Å². The predicted octanol–water partition coefficient (Wildman–Crippen LogP) is 1.98. The van der Waals surface area contributed by atoms with Gasteiger partial charge in [0.25, 0.3) is 5.91 Å². The molecular weight excluding hydrogens is 242 g/mol. The predicted molar refractivity (Wildman–Crippen MR) is 73.1 cm³/mol. The largest absolute Gasteiger partial charge is 0.508 e. The lowest BCUT2D eigenvalue weighted by molar-refractivity contribution is 0.0873. The number of amides is 1. The van der Waals surface area contributed by atoms with Crippen LogP contribution in [0.15, 0.2) is 18.2 Å². The summed E-state index contributed by atoms with van der Waals surface area (Å²) in [5.74, 6) is 0.322. The molecule has 1 aliphatic carbocycles. The van der Waals surface area contributed by atoms with Crippen molar-refractivity contribution < 1.29 is 15.0 Å². The van der Waals surface area contributed by atoms with E-state index in [-0.39, 0.29) is 17.8 Å². The van der Waals surface area contributed by atoms with Gasteiger partial charge in [0.2, 0.25) is 0 Å². The second-order valence-corrected chi connectivity index (χ2v) is 5.40. The number of carbonyl (C=O) groups is 1. The van der Waals surface area contributed by atoms with Crippen molar-refractivity contribution in [2.75, 3.05) is 6.54 Å². The summed E-state index contributed by atoms with van der Waals surface area (Å²) in [6.07, 6.45) is 3.48. The highest BCUT2D eigenvalue weighted by atomic mass is 16.3. The van der Waals surface area contributed by atoms with E-state index in [0.29, 0.717) is 18.0 Å². The summed E-state index contributed by atoms with van der Waals surface area (Å²) in [5, 5.41) is 22.0. The second-order valence-electron chi connectivity index (χ2n) is 5.40. The highest BCUT2D eigenvalue weighted by molar-refractivity contribution is 5.94. The van der Waals surface area contributed by atoms with E-state index in [2.05, 4.69) is 5.32 Å². The molecule has 19 heavy (non-hydrogen) atoms. The lowest BCUT2D eigenvalue weighted by Crippen LogP contribution is -2.32. The molecule has 2 unspecified atom stereocenters. The Balaban J connectivity index is 1.88. The molecule has 4 heteroatoms. The number of aliphatic hydroxyl groups excluding tert-OH is 1. The number of benzene rings is 1. The molecule has 0 aromatic heterocycles. The number of phenols is 1. The molecule has 1 aromatic rings. The minimum Gasteiger partial charge on any atom is -0.508 e. The van der Waals surface area contributed by atoms with Gasteiger partial charge in [-0.15, -0.1) is 0 Å². The molecule has 0 bridgehead atoms. The van der Waals surface area contributed by atoms with Crippen LogP contribution in [0, 0.1) is 12.8 Å². The third-order valence-corrected chi connectivity index (χ3v) is 3.78. The van der Waals surface area contributed by atoms with Crippen molar-refractivity contribution in [1.82, 2.24) is 5.32 Å². The summed E-state index contributed by atoms with van der Waals surface area (Å²) in [5.41, 5.74) is 1.23. The number of hydrogen-bond donors (Lipinski definition) is 3. The van der Waals surface area contributed by atoms with Gasteiger partial charge in [-0.25, -0.2) is 0 Å². The minimum absolute atomic E-state index is 0.140. The summed E-state index contributed by atoms with van der Waals surface area (Å²) in [6, 6.07) is 4.93. The molecule has 0 heterocycles. The maximum atomic E-state index is 11.9. The smallest absolute Gasteiger partial charge is 0.251 e. The van der Waals surface area contributed by atoms with Crippen molar-refractivity contribution in [3.8, 4) is 5.75 Å². The topological polar surface area (TPSA) is 69.6 Å². The number of rotatable bonds is 3. The molecule has 2 rings (SSSR count). The van der Waals surface area contributed by atoms with Gasteiger partial charge < -0.3 is 15.5 Å². The van der Waals surface area contributed by atoms with E-state index in [4.69, 9.17) is 0 Å². The Labute approximate surface area is 113 Å². The fourth-order valence-electron chi connectivity index (χ4n) is 2.54. The molecule has 4 nitrogen and oxygen atoms in total. The van der Waals surface area contributed by atoms with Gasteiger partial charge in [0.05, 0.1) is 6.10 Å². The van der Waals surface area contributed by atoms with Gasteiger partial charge in [-0.3, -0.25) is 4.79 Å². The van der Waals surface area contributed by atoms with Gasteiger partial charge in [0, 0.05) is 12.1 Å². The number of aromatic hydroxyl groups is 1. The Hall–Kier alpha value is -1.55. The number of aliphatic hydroxyl groups is 1. The van der Waals surface area contributed by atoms with Crippen molar-refractivity contribution in [1.29, 1.82) is 0 Å². The van der Waals surface area contributed by atoms with E-state index in [1.807, 2.05) is 0 Å². The van der Waals surface area contributed by atoms with Crippen molar-refractivity contribution in [3.05, 3.63) is 29.3 Å². The fourth-order valence-corrected chi connectivity index (χ4v) is 2.54. The molecule has 104 valence electrons. The molecule has 0 aliphatic heterocycles. The van der Waals surface area contributed by atoms with Crippen LogP contribution in [0.2, 0.25) is 0 Å². The van der Waals surface area contributed by atoms with Gasteiger partial charge in [-0.1, -0.05) is 12.5 Å². The number of aryl methyl sites for hydroxylation is 1. The zero-order valence-electron chi connectivity index (χ0n) is 11.2. The molecule has 0 radical (unpaired) electrons. The van der Waals surface area contributed by atoms with Crippen LogP contribution < -0.4 is 5.32 Å². The average Bonchev–Trinajstić information content (AvgIpc) is 2.39. The van der Waals surface area contributed by atoms with Crippen molar-refractivity contribution in [2.24, 2.45) is 5.92 Å². The van der Waals surface area contributed by atoms with E-state index in [0.717, 1.165) is 31.2 Å². The quantitative estimate of drug-likeness (QED) is 0.781. The van der Waals surface area contributed by atoms with Gasteiger partial charge in [0.15, 0.2) is 0 Å². The first kappa shape index (κ1) is 13.9. The number of phenolic OH excluding ortho intramolecular Hbond substituents is 1. The SMILES string of the molecule is Cc1ccc(C(=O)NCC2CCCC(O)C2)cc1O. The van der Waals surface area contributed by atoms with E-state index in [9.17, 15) is 15.0 Å². The van der Waals surface area contributed by atoms with E-state index in [1.165, 1.54) is 6.07 Å². The molecule has 0 saturated heterocycles. The Morgan fingerprint density at radius 2 is 2.21 bits per heavy atom. The molecule has 1 saturated carbocycles. The number of nitrogens with one attached hydrogen (secondary N) is 1. The van der Waals surface area contributed by atoms with Gasteiger partial charge in [0.1, 0.15) is 5.75 Å². The summed E-state index contributed by atoms with van der Waals surface area (Å²) in [6.45, 7) is 2.38. The van der Waals surface area contributed by atoms with Gasteiger partial charge in [-0.05, 0) is 49.8 Å². The average molecular weight is 263 g/mol. The van der Waals surface area contributed by atoms with E-state index >= 15 is 0 Å². The second kappa shape index (κ2) is 6.06. The molecule has 0 spiro atoms. The minimum atomic E-state index is -0.223. The third-order valence-electron chi connectivity index (χ3n) is 3.78. The van der Waals surface area contributed by atoms with Crippen LogP contribution in [0.1, 0.15) is 41.6 Å². The van der Waals surface area contributed by atoms with Crippen LogP contribution in [0.5, 0.6) is 5.75 Å². The van der Waals surface area contributed by atoms with Crippen LogP contribution in [0.25, 0.3) is 0 Å². The Kier molecular flexibility index (Phi) is 4.43. The van der Waals surface area contributed by atoms with Crippen LogP contribution in [0.4, 0.5) is 0 Å². The normalized spacial score (nSPS) is 23.1. The van der Waals surface area contributed by atoms with Crippen LogP contribution in [-0.2, 0) is 0 Å². The summed E-state index contributed by atoms with van der Waals surface area (Å²) >= 11 is 0. The number of carbonyl (C=O) groups excluding carboxylic acids is 1. The lowest BCUT2D eigenvalue weighted by atomic mass is 9.87. The van der Waals surface area contributed by atoms with Crippen molar-refractivity contribution in [2.45, 2.75) is 38.7 Å². The highest BCUT2D eigenvalue weighted by Crippen LogP contribution is 2.23. The standard InChI is InChI=1S/C15H21NO3/c1-10-5-6-12(8-14(10)18)15(19)16-9-11-3-2-4-13(17)7-11/h5-6,8,11,13,17-18H,2-4,7,9H2,1H3,(H,16,19). The van der Waals surface area contributed by atoms with Gasteiger partial charge in [-0.2, -0.15) is 0 Å². The molecular formula is C15H21NO3. The maximum absolute atomic E-state index is 11.9. The Morgan fingerprint density at radius 1 is 1.42 bits per heavy atom. The highest BCUT2D eigenvalue weighted by Gasteiger charge is 2.20. The van der Waals surface area contributed by atoms with Crippen molar-refractivity contribution >= 4 is 5.91 Å². The Bertz CT molecular complexity index is 459. The molecule has 1 aromatic carbocycles. The fraction of sp³-hybridized carbons (Fsp3) is 0.533. The summed E-state index contributed by atoms with van der Waals surface area (Å²) in [7, 11) is 0. The molecule has 1 amide bonds. The molecule has 2 atom stereocenters. The van der Waals surface area contributed by atoms with Crippen LogP contribution >= 0.6 is 0 Å².